The lowest BCUT2D eigenvalue weighted by atomic mass is 10.3. The second kappa shape index (κ2) is 6.09. The van der Waals surface area contributed by atoms with E-state index in [1.807, 2.05) is 6.07 Å². The molecule has 0 bridgehead atoms. The molecule has 1 aromatic rings. The summed E-state index contributed by atoms with van der Waals surface area (Å²) in [6.07, 6.45) is 2.93. The Hall–Kier alpha value is 0.0200. The molecule has 90 valence electrons. The zero-order valence-electron chi connectivity index (χ0n) is 8.70. The molecule has 0 fully saturated rings. The Bertz CT molecular complexity index is 463. The summed E-state index contributed by atoms with van der Waals surface area (Å²) < 4.78 is 23.6. The molecule has 1 rings (SSSR count). The average Bonchev–Trinajstić information content (AvgIpc) is 2.13. The molecule has 16 heavy (non-hydrogen) atoms. The van der Waals surface area contributed by atoms with Crippen LogP contribution in [0.5, 0.6) is 0 Å². The summed E-state index contributed by atoms with van der Waals surface area (Å²) >= 11 is 6.70. The predicted octanol–water partition coefficient (Wildman–Crippen LogP) is 1.74. The van der Waals surface area contributed by atoms with E-state index in [9.17, 15) is 8.42 Å². The lowest BCUT2D eigenvalue weighted by Crippen LogP contribution is -2.22. The highest BCUT2D eigenvalue weighted by molar-refractivity contribution is 9.11. The van der Waals surface area contributed by atoms with Gasteiger partial charge in [0.05, 0.1) is 11.4 Å². The van der Waals surface area contributed by atoms with Gasteiger partial charge >= 0.3 is 0 Å². The minimum Gasteiger partial charge on any atom is -0.310 e. The number of rotatable bonds is 5. The smallest absolute Gasteiger partial charge is 0.148 e. The Balaban J connectivity index is 2.43. The maximum atomic E-state index is 10.9. The highest BCUT2D eigenvalue weighted by Crippen LogP contribution is 2.19. The fourth-order valence-electron chi connectivity index (χ4n) is 1.04. The van der Waals surface area contributed by atoms with Crippen molar-refractivity contribution in [2.24, 2.45) is 0 Å². The zero-order chi connectivity index (χ0) is 12.2. The molecule has 0 aromatic carbocycles. The molecule has 0 amide bonds. The Kier molecular flexibility index (Phi) is 5.36. The molecule has 0 aliphatic carbocycles. The van der Waals surface area contributed by atoms with Gasteiger partial charge in [-0.1, -0.05) is 0 Å². The van der Waals surface area contributed by atoms with Gasteiger partial charge in [0.15, 0.2) is 0 Å². The summed E-state index contributed by atoms with van der Waals surface area (Å²) in [6, 6.07) is 1.90. The molecule has 1 aromatic heterocycles. The van der Waals surface area contributed by atoms with Gasteiger partial charge in [0.2, 0.25) is 0 Å². The molecule has 4 nitrogen and oxygen atoms in total. The largest absolute Gasteiger partial charge is 0.310 e. The van der Waals surface area contributed by atoms with E-state index in [2.05, 4.69) is 42.2 Å². The van der Waals surface area contributed by atoms with Gasteiger partial charge in [-0.3, -0.25) is 4.98 Å². The van der Waals surface area contributed by atoms with E-state index < -0.39 is 9.84 Å². The van der Waals surface area contributed by atoms with Gasteiger partial charge in [0.25, 0.3) is 0 Å². The monoisotopic (exact) mass is 370 g/mol. The van der Waals surface area contributed by atoms with Gasteiger partial charge < -0.3 is 5.32 Å². The van der Waals surface area contributed by atoms with Crippen LogP contribution in [0.3, 0.4) is 0 Å². The van der Waals surface area contributed by atoms with Gasteiger partial charge in [0, 0.05) is 34.5 Å². The topological polar surface area (TPSA) is 59.1 Å². The van der Waals surface area contributed by atoms with E-state index in [-0.39, 0.29) is 5.75 Å². The molecular weight excluding hydrogens is 360 g/mol. The molecule has 0 atom stereocenters. The maximum absolute atomic E-state index is 10.9. The first kappa shape index (κ1) is 14.1. The van der Waals surface area contributed by atoms with Gasteiger partial charge in [-0.05, 0) is 37.9 Å². The Morgan fingerprint density at radius 2 is 2.12 bits per heavy atom. The molecule has 0 spiro atoms. The molecule has 0 unspecified atom stereocenters. The van der Waals surface area contributed by atoms with E-state index in [1.54, 1.807) is 6.20 Å². The van der Waals surface area contributed by atoms with E-state index in [0.29, 0.717) is 13.1 Å². The highest BCUT2D eigenvalue weighted by atomic mass is 79.9. The minimum absolute atomic E-state index is 0.140. The zero-order valence-corrected chi connectivity index (χ0v) is 12.7. The van der Waals surface area contributed by atoms with Crippen LogP contribution >= 0.6 is 31.9 Å². The van der Waals surface area contributed by atoms with Crippen molar-refractivity contribution in [1.29, 1.82) is 0 Å². The third-order valence-corrected chi connectivity index (χ3v) is 3.89. The lowest BCUT2D eigenvalue weighted by Gasteiger charge is -2.05. The first-order valence-corrected chi connectivity index (χ1v) is 8.21. The van der Waals surface area contributed by atoms with Crippen molar-refractivity contribution < 1.29 is 8.42 Å². The van der Waals surface area contributed by atoms with Crippen LogP contribution in [0.15, 0.2) is 21.2 Å². The highest BCUT2D eigenvalue weighted by Gasteiger charge is 2.04. The Labute approximate surface area is 112 Å². The summed E-state index contributed by atoms with van der Waals surface area (Å²) in [7, 11) is -2.90. The summed E-state index contributed by atoms with van der Waals surface area (Å²) in [4.78, 5) is 4.21. The lowest BCUT2D eigenvalue weighted by molar-refractivity contribution is 0.595. The van der Waals surface area contributed by atoms with Crippen LogP contribution < -0.4 is 5.32 Å². The third kappa shape index (κ3) is 5.38. The standard InChI is InChI=1S/C9H12Br2N2O2S/c1-16(14,15)3-2-12-6-9-8(11)4-7(10)5-13-9/h4-5,12H,2-3,6H2,1H3. The van der Waals surface area contributed by atoms with Crippen molar-refractivity contribution in [2.45, 2.75) is 6.54 Å². The van der Waals surface area contributed by atoms with Crippen molar-refractivity contribution in [3.05, 3.63) is 26.9 Å². The summed E-state index contributed by atoms with van der Waals surface area (Å²) in [5, 5.41) is 3.03. The molecule has 1 N–H and O–H groups in total. The van der Waals surface area contributed by atoms with Crippen molar-refractivity contribution in [3.8, 4) is 0 Å². The molecule has 0 saturated heterocycles. The van der Waals surface area contributed by atoms with Gasteiger partial charge in [-0.25, -0.2) is 8.42 Å². The van der Waals surface area contributed by atoms with Crippen LogP contribution in [0, 0.1) is 0 Å². The number of hydrogen-bond acceptors (Lipinski definition) is 4. The van der Waals surface area contributed by atoms with E-state index in [1.165, 1.54) is 6.26 Å². The Morgan fingerprint density at radius 1 is 1.44 bits per heavy atom. The van der Waals surface area contributed by atoms with Crippen molar-refractivity contribution >= 4 is 41.7 Å². The summed E-state index contributed by atoms with van der Waals surface area (Å²) in [6.45, 7) is 0.979. The normalized spacial score (nSPS) is 11.7. The number of nitrogens with one attached hydrogen (secondary N) is 1. The molecule has 0 aliphatic heterocycles. The van der Waals surface area contributed by atoms with Gasteiger partial charge in [-0.2, -0.15) is 0 Å². The Morgan fingerprint density at radius 3 is 2.69 bits per heavy atom. The fourth-order valence-corrected chi connectivity index (χ4v) is 2.68. The van der Waals surface area contributed by atoms with Crippen LogP contribution in [0.2, 0.25) is 0 Å². The van der Waals surface area contributed by atoms with Gasteiger partial charge in [-0.15, -0.1) is 0 Å². The molecule has 0 saturated carbocycles. The number of aromatic nitrogens is 1. The minimum atomic E-state index is -2.90. The van der Waals surface area contributed by atoms with E-state index in [0.717, 1.165) is 14.6 Å². The summed E-state index contributed by atoms with van der Waals surface area (Å²) in [5.41, 5.74) is 0.858. The first-order valence-electron chi connectivity index (χ1n) is 4.57. The van der Waals surface area contributed by atoms with Crippen molar-refractivity contribution in [1.82, 2.24) is 10.3 Å². The van der Waals surface area contributed by atoms with Crippen molar-refractivity contribution in [2.75, 3.05) is 18.6 Å². The number of nitrogens with zero attached hydrogens (tertiary/aromatic N) is 1. The van der Waals surface area contributed by atoms with Crippen LogP contribution in [0.25, 0.3) is 0 Å². The number of hydrogen-bond donors (Lipinski definition) is 1. The molecule has 7 heteroatoms. The summed E-state index contributed by atoms with van der Waals surface area (Å²) in [5.74, 6) is 0.140. The quantitative estimate of drug-likeness (QED) is 0.801. The predicted molar refractivity (Wildman–Crippen MR) is 71.1 cm³/mol. The average molecular weight is 372 g/mol. The molecule has 1 heterocycles. The number of sulfone groups is 1. The second-order valence-corrected chi connectivity index (χ2v) is 7.42. The fraction of sp³-hybridized carbons (Fsp3) is 0.444. The van der Waals surface area contributed by atoms with Crippen LogP contribution in [0.1, 0.15) is 5.69 Å². The SMILES string of the molecule is CS(=O)(=O)CCNCc1ncc(Br)cc1Br. The second-order valence-electron chi connectivity index (χ2n) is 3.39. The van der Waals surface area contributed by atoms with E-state index >= 15 is 0 Å². The van der Waals surface area contributed by atoms with E-state index in [4.69, 9.17) is 0 Å². The molecular formula is C9H12Br2N2O2S. The van der Waals surface area contributed by atoms with Crippen LogP contribution in [0.4, 0.5) is 0 Å². The molecule has 0 aliphatic rings. The maximum Gasteiger partial charge on any atom is 0.148 e. The van der Waals surface area contributed by atoms with Crippen molar-refractivity contribution in [3.63, 3.8) is 0 Å². The first-order chi connectivity index (χ1) is 7.38. The van der Waals surface area contributed by atoms with Crippen LogP contribution in [-0.2, 0) is 16.4 Å². The number of pyridine rings is 1. The number of halogens is 2. The molecule has 0 radical (unpaired) electrons. The third-order valence-electron chi connectivity index (χ3n) is 1.83. The van der Waals surface area contributed by atoms with Crippen LogP contribution in [-0.4, -0.2) is 32.0 Å². The van der Waals surface area contributed by atoms with Gasteiger partial charge in [0.1, 0.15) is 9.84 Å².